The van der Waals surface area contributed by atoms with E-state index in [-0.39, 0.29) is 25.2 Å². The van der Waals surface area contributed by atoms with Crippen molar-refractivity contribution in [2.24, 2.45) is 11.8 Å². The molecule has 0 spiro atoms. The van der Waals surface area contributed by atoms with Crippen LogP contribution in [-0.2, 0) is 17.6 Å². The van der Waals surface area contributed by atoms with Gasteiger partial charge in [0.15, 0.2) is 0 Å². The van der Waals surface area contributed by atoms with E-state index in [1.807, 2.05) is 0 Å². The van der Waals surface area contributed by atoms with E-state index < -0.39 is 0 Å². The zero-order valence-electron chi connectivity index (χ0n) is 21.6. The Balaban J connectivity index is 0.000000662. The second-order valence-corrected chi connectivity index (χ2v) is 16.5. The summed E-state index contributed by atoms with van der Waals surface area (Å²) in [6.07, 6.45) is 9.71. The molecule has 2 saturated carbocycles. The van der Waals surface area contributed by atoms with Crippen molar-refractivity contribution < 1.29 is 11.0 Å². The van der Waals surface area contributed by atoms with Crippen LogP contribution in [0.15, 0.2) is 14.5 Å². The number of rotatable bonds is 8. The molecule has 3 fully saturated rings. The summed E-state index contributed by atoms with van der Waals surface area (Å²) in [6.45, 7) is 7.44. The molecule has 2 aromatic heterocycles. The number of hydrogen-bond acceptors (Lipinski definition) is 7. The van der Waals surface area contributed by atoms with Crippen LogP contribution in [0.4, 0.5) is 10.9 Å². The van der Waals surface area contributed by atoms with Gasteiger partial charge in [-0.25, -0.2) is 0 Å². The summed E-state index contributed by atoms with van der Waals surface area (Å²) in [6, 6.07) is 0.891. The first-order chi connectivity index (χ1) is 18.3. The van der Waals surface area contributed by atoms with Gasteiger partial charge < -0.3 is 21.3 Å². The number of hydrogen-bond donors (Lipinski definition) is 4. The van der Waals surface area contributed by atoms with Gasteiger partial charge in [-0.3, -0.25) is 14.2 Å². The lowest BCUT2D eigenvalue weighted by Crippen LogP contribution is -2.34. The third kappa shape index (κ3) is 7.08. The Hall–Kier alpha value is -1.26. The summed E-state index contributed by atoms with van der Waals surface area (Å²) in [5.74, 6) is 1.51. The van der Waals surface area contributed by atoms with Crippen molar-refractivity contribution in [3.05, 3.63) is 30.5 Å². The molecule has 3 aliphatic carbocycles. The van der Waals surface area contributed by atoms with Crippen molar-refractivity contribution in [1.82, 2.24) is 25.4 Å². The second-order valence-electron chi connectivity index (χ2n) is 10.7. The molecule has 0 bridgehead atoms. The van der Waals surface area contributed by atoms with Gasteiger partial charge in [-0.15, -0.1) is 21.5 Å². The average Bonchev–Trinajstić information content (AvgIpc) is 3.78. The van der Waals surface area contributed by atoms with Crippen LogP contribution >= 0.6 is 56.5 Å². The van der Waals surface area contributed by atoms with Crippen LogP contribution in [0.3, 0.4) is 0 Å². The fraction of sp³-hybridized carbons (Fsp3) is 0.615. The van der Waals surface area contributed by atoms with Crippen LogP contribution in [-0.4, -0.2) is 51.8 Å². The standard InChI is InChI=1S/C24H33N7O2S.C2H2I2.H2/c1-13-18(8-9-25-13)28-24-30-27-12-31(24)16-6-7-19-17(10-16)20(22(33)26-11-14-2-3-14)23(34-19)29-21(32)15-4-5-15;1-2(3)4;/h12-16,18,25H,2-11H2,1H3,(H,26,33)(H,28,30)(H,29,32);1H2;1H/t13?,16-,18?;;/m0../s1. The number of amides is 2. The number of nitrogens with zero attached hydrogens (tertiary/aromatic N) is 3. The van der Waals surface area contributed by atoms with Crippen molar-refractivity contribution in [3.63, 3.8) is 0 Å². The van der Waals surface area contributed by atoms with E-state index in [1.54, 1.807) is 17.7 Å². The van der Waals surface area contributed by atoms with E-state index >= 15 is 0 Å². The molecule has 2 amide bonds. The smallest absolute Gasteiger partial charge is 0.254 e. The highest BCUT2D eigenvalue weighted by atomic mass is 127. The van der Waals surface area contributed by atoms with Gasteiger partial charge in [0.2, 0.25) is 11.9 Å². The first-order valence-corrected chi connectivity index (χ1v) is 16.4. The summed E-state index contributed by atoms with van der Waals surface area (Å²) in [7, 11) is 0. The van der Waals surface area contributed by atoms with Crippen molar-refractivity contribution in [2.75, 3.05) is 23.7 Å². The molecule has 2 aromatic rings. The molecule has 0 radical (unpaired) electrons. The zero-order chi connectivity index (χ0) is 26.8. The summed E-state index contributed by atoms with van der Waals surface area (Å²) in [4.78, 5) is 27.1. The first kappa shape index (κ1) is 28.3. The predicted octanol–water partition coefficient (Wildman–Crippen LogP) is 5.29. The summed E-state index contributed by atoms with van der Waals surface area (Å²) in [5, 5.41) is 22.6. The van der Waals surface area contributed by atoms with Crippen LogP contribution < -0.4 is 21.3 Å². The average molecular weight is 766 g/mol. The van der Waals surface area contributed by atoms with Gasteiger partial charge in [0.25, 0.3) is 5.91 Å². The maximum Gasteiger partial charge on any atom is 0.254 e. The number of carbonyl (C=O) groups excluding carboxylic acids is 2. The molecule has 0 aromatic carbocycles. The van der Waals surface area contributed by atoms with E-state index in [2.05, 4.69) is 94.7 Å². The normalized spacial score (nSPS) is 24.1. The van der Waals surface area contributed by atoms with Crippen molar-refractivity contribution >= 4 is 79.3 Å². The number of aromatic nitrogens is 3. The number of aryl methyl sites for hydroxylation is 1. The Morgan fingerprint density at radius 3 is 2.66 bits per heavy atom. The highest BCUT2D eigenvalue weighted by molar-refractivity contribution is 14.2. The number of thiophene rings is 1. The monoisotopic (exact) mass is 765 g/mol. The van der Waals surface area contributed by atoms with Crippen LogP contribution in [0.25, 0.3) is 0 Å². The molecule has 4 N–H and O–H groups in total. The second kappa shape index (κ2) is 12.5. The van der Waals surface area contributed by atoms with Gasteiger partial charge in [-0.2, -0.15) is 0 Å². The minimum Gasteiger partial charge on any atom is -0.352 e. The number of fused-ring (bicyclic) bond motifs is 1. The van der Waals surface area contributed by atoms with Crippen molar-refractivity contribution in [1.29, 1.82) is 0 Å². The van der Waals surface area contributed by atoms with Gasteiger partial charge in [0.1, 0.15) is 11.3 Å². The molecular weight excluding hydrogens is 728 g/mol. The summed E-state index contributed by atoms with van der Waals surface area (Å²) < 4.78 is 3.25. The molecule has 208 valence electrons. The molecule has 1 aliphatic heterocycles. The van der Waals surface area contributed by atoms with Gasteiger partial charge in [0.05, 0.1) is 5.56 Å². The van der Waals surface area contributed by atoms with E-state index in [4.69, 9.17) is 0 Å². The van der Waals surface area contributed by atoms with E-state index in [1.165, 1.54) is 17.7 Å². The molecule has 38 heavy (non-hydrogen) atoms. The largest absolute Gasteiger partial charge is 0.352 e. The molecule has 9 nitrogen and oxygen atoms in total. The highest BCUT2D eigenvalue weighted by Crippen LogP contribution is 2.42. The fourth-order valence-corrected chi connectivity index (χ4v) is 6.42. The van der Waals surface area contributed by atoms with Gasteiger partial charge >= 0.3 is 0 Å². The Labute approximate surface area is 256 Å². The first-order valence-electron chi connectivity index (χ1n) is 13.4. The Morgan fingerprint density at radius 1 is 1.24 bits per heavy atom. The molecule has 4 aliphatic rings. The molecule has 3 heterocycles. The quantitative estimate of drug-likeness (QED) is 0.272. The summed E-state index contributed by atoms with van der Waals surface area (Å²) >= 11 is 5.86. The number of nitrogens with one attached hydrogen (secondary N) is 4. The maximum atomic E-state index is 13.3. The SMILES string of the molecule is C=C(I)I.CC1NCCC1Nc1nncn1[C@H]1CCc2sc(NC(=O)C3CC3)c(C(=O)NCC3CC3)c2C1.[HH]. The molecule has 3 atom stereocenters. The van der Waals surface area contributed by atoms with E-state index in [9.17, 15) is 9.59 Å². The zero-order valence-corrected chi connectivity index (χ0v) is 26.7. The van der Waals surface area contributed by atoms with Gasteiger partial charge in [-0.1, -0.05) is 6.58 Å². The topological polar surface area (TPSA) is 113 Å². The molecular formula is C26H37I2N7O2S. The molecule has 12 heteroatoms. The molecule has 1 saturated heterocycles. The molecule has 6 rings (SSSR count). The Morgan fingerprint density at radius 2 is 2.00 bits per heavy atom. The Bertz CT molecular complexity index is 1190. The fourth-order valence-electron chi connectivity index (χ4n) is 5.17. The molecule has 2 unspecified atom stereocenters. The van der Waals surface area contributed by atoms with Crippen LogP contribution in [0.2, 0.25) is 0 Å². The lowest BCUT2D eigenvalue weighted by atomic mass is 9.91. The summed E-state index contributed by atoms with van der Waals surface area (Å²) in [5.41, 5.74) is 1.76. The lowest BCUT2D eigenvalue weighted by molar-refractivity contribution is -0.117. The van der Waals surface area contributed by atoms with Gasteiger partial charge in [0, 0.05) is 38.5 Å². The third-order valence-electron chi connectivity index (χ3n) is 7.70. The van der Waals surface area contributed by atoms with E-state index in [0.717, 1.165) is 69.7 Å². The minimum absolute atomic E-state index is 0. The number of halogens is 2. The van der Waals surface area contributed by atoms with Crippen molar-refractivity contribution in [2.45, 2.75) is 76.4 Å². The van der Waals surface area contributed by atoms with Crippen LogP contribution in [0.1, 0.15) is 73.7 Å². The van der Waals surface area contributed by atoms with E-state index in [0.29, 0.717) is 23.6 Å². The lowest BCUT2D eigenvalue weighted by Gasteiger charge is -2.26. The Kier molecular flexibility index (Phi) is 9.30. The maximum absolute atomic E-state index is 13.3. The number of anilines is 2. The van der Waals surface area contributed by atoms with Crippen molar-refractivity contribution in [3.8, 4) is 0 Å². The predicted molar refractivity (Wildman–Crippen MR) is 171 cm³/mol. The highest BCUT2D eigenvalue weighted by Gasteiger charge is 2.35. The van der Waals surface area contributed by atoms with Crippen LogP contribution in [0, 0.1) is 11.8 Å². The van der Waals surface area contributed by atoms with Crippen LogP contribution in [0.5, 0.6) is 0 Å². The minimum atomic E-state index is -0.0518. The third-order valence-corrected chi connectivity index (χ3v) is 8.91. The van der Waals surface area contributed by atoms with Gasteiger partial charge in [-0.05, 0) is 121 Å². The number of carbonyl (C=O) groups is 2.